The number of likely N-dealkylation sites (N-methyl/N-ethyl adjacent to an activating group) is 1. The van der Waals surface area contributed by atoms with E-state index in [1.165, 1.54) is 12.8 Å². The van der Waals surface area contributed by atoms with Gasteiger partial charge in [0, 0.05) is 33.1 Å². The smallest absolute Gasteiger partial charge is 0.223 e. The highest BCUT2D eigenvalue weighted by Gasteiger charge is 2.14. The minimum absolute atomic E-state index is 0.0228. The molecule has 106 valence electrons. The van der Waals surface area contributed by atoms with E-state index in [0.717, 1.165) is 25.9 Å². The van der Waals surface area contributed by atoms with Crippen molar-refractivity contribution in [3.8, 4) is 0 Å². The Labute approximate surface area is 109 Å². The van der Waals surface area contributed by atoms with Crippen LogP contribution in [0.3, 0.4) is 0 Å². The molecule has 0 aliphatic carbocycles. The van der Waals surface area contributed by atoms with Gasteiger partial charge in [0.05, 0.1) is 6.26 Å². The Morgan fingerprint density at radius 2 is 1.94 bits per heavy atom. The number of likely N-dealkylation sites (tertiary alicyclic amines) is 1. The van der Waals surface area contributed by atoms with Gasteiger partial charge in [-0.1, -0.05) is 0 Å². The molecular weight excluding hydrogens is 254 g/mol. The number of hydrogen-bond acceptors (Lipinski definition) is 4. The number of rotatable bonds is 7. The van der Waals surface area contributed by atoms with Crippen LogP contribution in [-0.2, 0) is 14.8 Å². The molecule has 0 aromatic rings. The fourth-order valence-electron chi connectivity index (χ4n) is 1.96. The van der Waals surface area contributed by atoms with Gasteiger partial charge in [0.2, 0.25) is 15.9 Å². The van der Waals surface area contributed by atoms with E-state index in [0.29, 0.717) is 6.54 Å². The average molecular weight is 277 g/mol. The zero-order chi connectivity index (χ0) is 13.6. The molecule has 1 saturated heterocycles. The molecule has 1 rings (SSSR count). The van der Waals surface area contributed by atoms with Crippen molar-refractivity contribution in [3.05, 3.63) is 0 Å². The van der Waals surface area contributed by atoms with Crippen LogP contribution in [0.4, 0.5) is 0 Å². The molecule has 0 saturated carbocycles. The van der Waals surface area contributed by atoms with Gasteiger partial charge < -0.3 is 9.80 Å². The second-order valence-electron chi connectivity index (χ2n) is 4.78. The number of carbonyl (C=O) groups is 1. The summed E-state index contributed by atoms with van der Waals surface area (Å²) in [4.78, 5) is 15.7. The Morgan fingerprint density at radius 1 is 1.33 bits per heavy atom. The summed E-state index contributed by atoms with van der Waals surface area (Å²) in [6.45, 7) is 4.03. The standard InChI is InChI=1S/C11H23N3O3S/c1-13(9-10-14-7-3-4-8-14)11(15)5-6-12-18(2,16)17/h12H,3-10H2,1-2H3. The number of carbonyl (C=O) groups excluding carboxylic acids is 1. The van der Waals surface area contributed by atoms with Crippen molar-refractivity contribution >= 4 is 15.9 Å². The third kappa shape index (κ3) is 6.32. The van der Waals surface area contributed by atoms with Crippen molar-refractivity contribution in [1.29, 1.82) is 0 Å². The van der Waals surface area contributed by atoms with Gasteiger partial charge in [-0.3, -0.25) is 4.79 Å². The third-order valence-corrected chi connectivity index (χ3v) is 3.81. The summed E-state index contributed by atoms with van der Waals surface area (Å²) in [5.74, 6) is -0.0228. The molecule has 1 aliphatic rings. The molecule has 0 spiro atoms. The number of hydrogen-bond donors (Lipinski definition) is 1. The highest BCUT2D eigenvalue weighted by Crippen LogP contribution is 2.06. The van der Waals surface area contributed by atoms with Crippen molar-refractivity contribution in [1.82, 2.24) is 14.5 Å². The van der Waals surface area contributed by atoms with Gasteiger partial charge in [-0.2, -0.15) is 0 Å². The molecule has 0 atom stereocenters. The van der Waals surface area contributed by atoms with E-state index in [1.54, 1.807) is 11.9 Å². The highest BCUT2D eigenvalue weighted by molar-refractivity contribution is 7.88. The first-order valence-electron chi connectivity index (χ1n) is 6.29. The Morgan fingerprint density at radius 3 is 2.50 bits per heavy atom. The van der Waals surface area contributed by atoms with Crippen molar-refractivity contribution in [2.24, 2.45) is 0 Å². The lowest BCUT2D eigenvalue weighted by Crippen LogP contribution is -2.36. The van der Waals surface area contributed by atoms with Gasteiger partial charge in [-0.15, -0.1) is 0 Å². The normalized spacial score (nSPS) is 17.0. The van der Waals surface area contributed by atoms with Gasteiger partial charge >= 0.3 is 0 Å². The maximum Gasteiger partial charge on any atom is 0.223 e. The molecule has 1 heterocycles. The monoisotopic (exact) mass is 277 g/mol. The fraction of sp³-hybridized carbons (Fsp3) is 0.909. The SMILES string of the molecule is CN(CCN1CCCC1)C(=O)CCNS(C)(=O)=O. The second-order valence-corrected chi connectivity index (χ2v) is 6.61. The number of sulfonamides is 1. The molecule has 18 heavy (non-hydrogen) atoms. The summed E-state index contributed by atoms with van der Waals surface area (Å²) < 4.78 is 24.0. The number of nitrogens with zero attached hydrogens (tertiary/aromatic N) is 2. The van der Waals surface area contributed by atoms with Gasteiger partial charge in [0.25, 0.3) is 0 Å². The topological polar surface area (TPSA) is 69.7 Å². The van der Waals surface area contributed by atoms with Crippen LogP contribution < -0.4 is 4.72 Å². The van der Waals surface area contributed by atoms with E-state index in [1.807, 2.05) is 0 Å². The Kier molecular flexibility index (Phi) is 6.04. The summed E-state index contributed by atoms with van der Waals surface area (Å²) in [6.07, 6.45) is 3.80. The van der Waals surface area contributed by atoms with Crippen LogP contribution in [0.25, 0.3) is 0 Å². The quantitative estimate of drug-likeness (QED) is 0.680. The Balaban J connectivity index is 2.15. The maximum absolute atomic E-state index is 11.7. The average Bonchev–Trinajstić information content (AvgIpc) is 2.76. The van der Waals surface area contributed by atoms with Crippen LogP contribution in [0, 0.1) is 0 Å². The van der Waals surface area contributed by atoms with Crippen LogP contribution in [0.1, 0.15) is 19.3 Å². The summed E-state index contributed by atoms with van der Waals surface area (Å²) in [7, 11) is -1.44. The molecule has 0 aromatic carbocycles. The molecule has 6 nitrogen and oxygen atoms in total. The van der Waals surface area contributed by atoms with Gasteiger partial charge in [-0.25, -0.2) is 13.1 Å². The van der Waals surface area contributed by atoms with Crippen LogP contribution in [-0.4, -0.2) is 70.2 Å². The van der Waals surface area contributed by atoms with E-state index in [9.17, 15) is 13.2 Å². The first kappa shape index (κ1) is 15.4. The molecule has 0 radical (unpaired) electrons. The lowest BCUT2D eigenvalue weighted by Gasteiger charge is -2.21. The number of amides is 1. The van der Waals surface area contributed by atoms with E-state index >= 15 is 0 Å². The molecule has 0 aromatic heterocycles. The lowest BCUT2D eigenvalue weighted by molar-refractivity contribution is -0.129. The van der Waals surface area contributed by atoms with E-state index in [-0.39, 0.29) is 18.9 Å². The fourth-order valence-corrected chi connectivity index (χ4v) is 2.43. The minimum atomic E-state index is -3.20. The largest absolute Gasteiger partial charge is 0.344 e. The molecule has 0 bridgehead atoms. The van der Waals surface area contributed by atoms with E-state index in [2.05, 4.69) is 9.62 Å². The Hall–Kier alpha value is -0.660. The summed E-state index contributed by atoms with van der Waals surface area (Å²) in [5, 5.41) is 0. The van der Waals surface area contributed by atoms with E-state index in [4.69, 9.17) is 0 Å². The molecule has 1 aliphatic heterocycles. The third-order valence-electron chi connectivity index (χ3n) is 3.08. The predicted molar refractivity (Wildman–Crippen MR) is 70.8 cm³/mol. The lowest BCUT2D eigenvalue weighted by atomic mass is 10.3. The van der Waals surface area contributed by atoms with Crippen LogP contribution in [0.2, 0.25) is 0 Å². The van der Waals surface area contributed by atoms with Crippen molar-refractivity contribution < 1.29 is 13.2 Å². The summed E-state index contributed by atoms with van der Waals surface area (Å²) >= 11 is 0. The number of nitrogens with one attached hydrogen (secondary N) is 1. The van der Waals surface area contributed by atoms with E-state index < -0.39 is 10.0 Å². The first-order chi connectivity index (χ1) is 8.38. The highest BCUT2D eigenvalue weighted by atomic mass is 32.2. The van der Waals surface area contributed by atoms with Gasteiger partial charge in [-0.05, 0) is 25.9 Å². The van der Waals surface area contributed by atoms with Crippen LogP contribution in [0.5, 0.6) is 0 Å². The molecule has 7 heteroatoms. The van der Waals surface area contributed by atoms with Crippen molar-refractivity contribution in [3.63, 3.8) is 0 Å². The van der Waals surface area contributed by atoms with Gasteiger partial charge in [0.1, 0.15) is 0 Å². The van der Waals surface area contributed by atoms with Crippen LogP contribution in [0.15, 0.2) is 0 Å². The minimum Gasteiger partial charge on any atom is -0.344 e. The zero-order valence-corrected chi connectivity index (χ0v) is 12.0. The van der Waals surface area contributed by atoms with Crippen LogP contribution >= 0.6 is 0 Å². The molecular formula is C11H23N3O3S. The zero-order valence-electron chi connectivity index (χ0n) is 11.2. The maximum atomic E-state index is 11.7. The summed E-state index contributed by atoms with van der Waals surface area (Å²) in [6, 6.07) is 0. The van der Waals surface area contributed by atoms with Crippen molar-refractivity contribution in [2.45, 2.75) is 19.3 Å². The van der Waals surface area contributed by atoms with Crippen molar-refractivity contribution in [2.75, 3.05) is 46.0 Å². The van der Waals surface area contributed by atoms with Gasteiger partial charge in [0.15, 0.2) is 0 Å². The second kappa shape index (κ2) is 7.06. The Bertz CT molecular complexity index is 364. The summed E-state index contributed by atoms with van der Waals surface area (Å²) in [5.41, 5.74) is 0. The molecule has 1 fully saturated rings. The molecule has 0 unspecified atom stereocenters. The predicted octanol–water partition coefficient (Wildman–Crippen LogP) is -0.520. The first-order valence-corrected chi connectivity index (χ1v) is 8.18. The molecule has 1 N–H and O–H groups in total. The molecule has 1 amide bonds.